The lowest BCUT2D eigenvalue weighted by atomic mass is 9.89. The van der Waals surface area contributed by atoms with Crippen molar-refractivity contribution in [1.82, 2.24) is 15.0 Å². The Hall–Kier alpha value is -5.67. The third kappa shape index (κ3) is 4.11. The molecule has 0 atom stereocenters. The van der Waals surface area contributed by atoms with Gasteiger partial charge in [0.2, 0.25) is 0 Å². The van der Waals surface area contributed by atoms with Gasteiger partial charge in [0.15, 0.2) is 17.5 Å². The van der Waals surface area contributed by atoms with Crippen molar-refractivity contribution in [3.05, 3.63) is 152 Å². The van der Waals surface area contributed by atoms with E-state index in [1.54, 1.807) is 0 Å². The van der Waals surface area contributed by atoms with Crippen molar-refractivity contribution < 1.29 is 0 Å². The molecule has 0 bridgehead atoms. The predicted octanol–water partition coefficient (Wildman–Crippen LogP) is 10.00. The van der Waals surface area contributed by atoms with Gasteiger partial charge < -0.3 is 0 Å². The molecule has 3 nitrogen and oxygen atoms in total. The van der Waals surface area contributed by atoms with Crippen molar-refractivity contribution in [1.29, 1.82) is 0 Å². The van der Waals surface area contributed by atoms with Gasteiger partial charge in [-0.05, 0) is 49.5 Å². The highest BCUT2D eigenvalue weighted by molar-refractivity contribution is 6.28. The topological polar surface area (TPSA) is 38.7 Å². The first-order valence-electron chi connectivity index (χ1n) is 14.1. The van der Waals surface area contributed by atoms with Crippen LogP contribution in [0.2, 0.25) is 0 Å². The Morgan fingerprint density at radius 1 is 0.286 bits per heavy atom. The third-order valence-corrected chi connectivity index (χ3v) is 7.90. The summed E-state index contributed by atoms with van der Waals surface area (Å²) in [6.45, 7) is 0. The molecule has 0 N–H and O–H groups in total. The van der Waals surface area contributed by atoms with Crippen molar-refractivity contribution in [3.63, 3.8) is 0 Å². The molecule has 0 spiro atoms. The molecule has 0 saturated carbocycles. The molecule has 0 unspecified atom stereocenters. The van der Waals surface area contributed by atoms with Crippen molar-refractivity contribution in [3.8, 4) is 45.3 Å². The number of fused-ring (bicyclic) bond motifs is 6. The predicted molar refractivity (Wildman–Crippen MR) is 174 cm³/mol. The summed E-state index contributed by atoms with van der Waals surface area (Å²) in [5.41, 5.74) is 5.19. The molecule has 0 aliphatic carbocycles. The smallest absolute Gasteiger partial charge is 0.164 e. The standard InChI is InChI=1S/C39H25N3/c1-3-13-26(14-4-1)37-40-38(27-15-5-2-6-16-27)42-39(41-37)29-18-11-17-28(25-29)30-23-12-24-35-33-20-8-7-19-31(33)32-21-9-10-22-34(32)36(30)35/h1-25H. The maximum atomic E-state index is 4.97. The van der Waals surface area contributed by atoms with Crippen LogP contribution in [0.3, 0.4) is 0 Å². The molecule has 0 saturated heterocycles. The number of benzene rings is 7. The minimum absolute atomic E-state index is 0.653. The van der Waals surface area contributed by atoms with Crippen LogP contribution in [0.1, 0.15) is 0 Å². The van der Waals surface area contributed by atoms with Crippen LogP contribution in [0.15, 0.2) is 152 Å². The van der Waals surface area contributed by atoms with Gasteiger partial charge in [-0.3, -0.25) is 0 Å². The van der Waals surface area contributed by atoms with E-state index in [4.69, 9.17) is 15.0 Å². The number of nitrogens with zero attached hydrogens (tertiary/aromatic N) is 3. The van der Waals surface area contributed by atoms with Crippen molar-refractivity contribution in [2.24, 2.45) is 0 Å². The van der Waals surface area contributed by atoms with Crippen LogP contribution in [-0.2, 0) is 0 Å². The van der Waals surface area contributed by atoms with E-state index < -0.39 is 0 Å². The Morgan fingerprint density at radius 3 is 1.24 bits per heavy atom. The first-order valence-corrected chi connectivity index (χ1v) is 14.1. The van der Waals surface area contributed by atoms with Gasteiger partial charge in [-0.25, -0.2) is 15.0 Å². The van der Waals surface area contributed by atoms with Gasteiger partial charge in [0.25, 0.3) is 0 Å². The van der Waals surface area contributed by atoms with Crippen LogP contribution >= 0.6 is 0 Å². The van der Waals surface area contributed by atoms with Crippen LogP contribution in [0.5, 0.6) is 0 Å². The van der Waals surface area contributed by atoms with E-state index >= 15 is 0 Å². The maximum Gasteiger partial charge on any atom is 0.164 e. The summed E-state index contributed by atoms with van der Waals surface area (Å²) in [5.74, 6) is 1.97. The van der Waals surface area contributed by atoms with Crippen molar-refractivity contribution in [2.45, 2.75) is 0 Å². The summed E-state index contributed by atoms with van der Waals surface area (Å²) in [4.78, 5) is 14.8. The normalized spacial score (nSPS) is 11.3. The summed E-state index contributed by atoms with van der Waals surface area (Å²) < 4.78 is 0. The summed E-state index contributed by atoms with van der Waals surface area (Å²) in [5, 5.41) is 7.58. The number of rotatable bonds is 4. The zero-order chi connectivity index (χ0) is 27.9. The molecular weight excluding hydrogens is 510 g/mol. The number of hydrogen-bond acceptors (Lipinski definition) is 3. The summed E-state index contributed by atoms with van der Waals surface area (Å²) >= 11 is 0. The molecule has 8 rings (SSSR count). The molecule has 8 aromatic rings. The molecule has 0 radical (unpaired) electrons. The average molecular weight is 536 g/mol. The Morgan fingerprint density at radius 2 is 0.667 bits per heavy atom. The first kappa shape index (κ1) is 24.2. The minimum Gasteiger partial charge on any atom is -0.208 e. The Kier molecular flexibility index (Phi) is 5.79. The van der Waals surface area contributed by atoms with Crippen molar-refractivity contribution in [2.75, 3.05) is 0 Å². The molecule has 0 aliphatic rings. The van der Waals surface area contributed by atoms with E-state index in [2.05, 4.69) is 91.0 Å². The van der Waals surface area contributed by atoms with Gasteiger partial charge in [-0.2, -0.15) is 0 Å². The van der Waals surface area contributed by atoms with E-state index in [1.807, 2.05) is 60.7 Å². The highest BCUT2D eigenvalue weighted by atomic mass is 15.0. The third-order valence-electron chi connectivity index (χ3n) is 7.90. The molecule has 3 heteroatoms. The van der Waals surface area contributed by atoms with Gasteiger partial charge in [-0.1, -0.05) is 146 Å². The Labute approximate surface area is 243 Å². The minimum atomic E-state index is 0.653. The lowest BCUT2D eigenvalue weighted by molar-refractivity contribution is 1.07. The molecule has 7 aromatic carbocycles. The van der Waals surface area contributed by atoms with Crippen molar-refractivity contribution >= 4 is 32.3 Å². The van der Waals surface area contributed by atoms with Crippen LogP contribution in [-0.4, -0.2) is 15.0 Å². The highest BCUT2D eigenvalue weighted by Crippen LogP contribution is 2.40. The van der Waals surface area contributed by atoms with Crippen LogP contribution < -0.4 is 0 Å². The van der Waals surface area contributed by atoms with E-state index in [0.29, 0.717) is 17.5 Å². The van der Waals surface area contributed by atoms with Crippen LogP contribution in [0.25, 0.3) is 77.6 Å². The maximum absolute atomic E-state index is 4.97. The molecule has 1 aromatic heterocycles. The lowest BCUT2D eigenvalue weighted by Crippen LogP contribution is -2.00. The fourth-order valence-electron chi connectivity index (χ4n) is 5.96. The average Bonchev–Trinajstić information content (AvgIpc) is 3.09. The van der Waals surface area contributed by atoms with E-state index in [0.717, 1.165) is 22.3 Å². The van der Waals surface area contributed by atoms with E-state index in [1.165, 1.54) is 37.9 Å². The Bertz CT molecular complexity index is 2140. The quantitative estimate of drug-likeness (QED) is 0.211. The molecule has 1 heterocycles. The second kappa shape index (κ2) is 10.1. The molecule has 196 valence electrons. The summed E-state index contributed by atoms with van der Waals surface area (Å²) in [7, 11) is 0. The van der Waals surface area contributed by atoms with Crippen LogP contribution in [0.4, 0.5) is 0 Å². The fraction of sp³-hybridized carbons (Fsp3) is 0. The second-order valence-electron chi connectivity index (χ2n) is 10.4. The molecule has 42 heavy (non-hydrogen) atoms. The number of hydrogen-bond donors (Lipinski definition) is 0. The number of aromatic nitrogens is 3. The lowest BCUT2D eigenvalue weighted by Gasteiger charge is -2.15. The zero-order valence-electron chi connectivity index (χ0n) is 22.8. The first-order chi connectivity index (χ1) is 20.8. The summed E-state index contributed by atoms with van der Waals surface area (Å²) in [6, 6.07) is 52.8. The zero-order valence-corrected chi connectivity index (χ0v) is 22.8. The fourth-order valence-corrected chi connectivity index (χ4v) is 5.96. The summed E-state index contributed by atoms with van der Waals surface area (Å²) in [6.07, 6.45) is 0. The molecule has 0 amide bonds. The monoisotopic (exact) mass is 535 g/mol. The van der Waals surface area contributed by atoms with Gasteiger partial charge in [0, 0.05) is 16.7 Å². The van der Waals surface area contributed by atoms with Crippen LogP contribution in [0, 0.1) is 0 Å². The molecule has 0 fully saturated rings. The van der Waals surface area contributed by atoms with E-state index in [-0.39, 0.29) is 0 Å². The van der Waals surface area contributed by atoms with Gasteiger partial charge in [-0.15, -0.1) is 0 Å². The van der Waals surface area contributed by atoms with Gasteiger partial charge >= 0.3 is 0 Å². The highest BCUT2D eigenvalue weighted by Gasteiger charge is 2.15. The molecular formula is C39H25N3. The van der Waals surface area contributed by atoms with Gasteiger partial charge in [0.05, 0.1) is 0 Å². The SMILES string of the molecule is c1ccc(-c2nc(-c3ccccc3)nc(-c3cccc(-c4cccc5c6ccccc6c6ccccc6c45)c3)n2)cc1. The van der Waals surface area contributed by atoms with Gasteiger partial charge in [0.1, 0.15) is 0 Å². The van der Waals surface area contributed by atoms with E-state index in [9.17, 15) is 0 Å². The molecule has 0 aliphatic heterocycles. The second-order valence-corrected chi connectivity index (χ2v) is 10.4. The Balaban J connectivity index is 1.35. The largest absolute Gasteiger partial charge is 0.208 e.